The van der Waals surface area contributed by atoms with Crippen LogP contribution >= 0.6 is 0 Å². The summed E-state index contributed by atoms with van der Waals surface area (Å²) >= 11 is 0. The van der Waals surface area contributed by atoms with Gasteiger partial charge in [0, 0.05) is 18.2 Å². The molecule has 0 aliphatic rings. The maximum atomic E-state index is 12.0. The number of carbonyl (C=O) groups is 1. The van der Waals surface area contributed by atoms with E-state index in [1.165, 1.54) is 0 Å². The lowest BCUT2D eigenvalue weighted by Crippen LogP contribution is -2.32. The fourth-order valence-corrected chi connectivity index (χ4v) is 1.97. The fourth-order valence-electron chi connectivity index (χ4n) is 1.97. The molecular formula is C15H19N3O2. The molecule has 1 aromatic heterocycles. The summed E-state index contributed by atoms with van der Waals surface area (Å²) in [7, 11) is 0. The molecule has 1 amide bonds. The molecule has 2 aromatic rings. The van der Waals surface area contributed by atoms with E-state index in [2.05, 4.69) is 15.5 Å². The fraction of sp³-hybridized carbons (Fsp3) is 0.333. The molecule has 20 heavy (non-hydrogen) atoms. The molecular weight excluding hydrogens is 254 g/mol. The van der Waals surface area contributed by atoms with Crippen LogP contribution in [0.1, 0.15) is 30.3 Å². The molecule has 1 atom stereocenters. The molecule has 1 unspecified atom stereocenters. The zero-order valence-electron chi connectivity index (χ0n) is 11.5. The largest absolute Gasteiger partial charge is 0.396 e. The number of nitrogens with zero attached hydrogens (tertiary/aromatic N) is 1. The molecule has 0 aliphatic carbocycles. The topological polar surface area (TPSA) is 78.0 Å². The van der Waals surface area contributed by atoms with Crippen LogP contribution in [0.4, 0.5) is 0 Å². The number of amides is 1. The first kappa shape index (κ1) is 14.3. The number of nitrogens with one attached hydrogen (secondary N) is 2. The minimum atomic E-state index is -0.176. The van der Waals surface area contributed by atoms with Crippen LogP contribution in [0.2, 0.25) is 0 Å². The van der Waals surface area contributed by atoms with Gasteiger partial charge in [0.05, 0.1) is 5.69 Å². The highest BCUT2D eigenvalue weighted by atomic mass is 16.3. The number of aromatic nitrogens is 2. The van der Waals surface area contributed by atoms with E-state index in [0.29, 0.717) is 12.1 Å². The summed E-state index contributed by atoms with van der Waals surface area (Å²) in [6.07, 6.45) is 1.43. The van der Waals surface area contributed by atoms with Crippen LogP contribution in [0.3, 0.4) is 0 Å². The first-order valence-corrected chi connectivity index (χ1v) is 6.73. The molecule has 0 saturated heterocycles. The number of H-pyrrole nitrogens is 1. The van der Waals surface area contributed by atoms with Crippen LogP contribution in [0.5, 0.6) is 0 Å². The van der Waals surface area contributed by atoms with Gasteiger partial charge in [-0.15, -0.1) is 0 Å². The third-order valence-electron chi connectivity index (χ3n) is 3.06. The number of aliphatic hydroxyl groups excluding tert-OH is 1. The first-order valence-electron chi connectivity index (χ1n) is 6.73. The van der Waals surface area contributed by atoms with Gasteiger partial charge in [0.15, 0.2) is 0 Å². The average Bonchev–Trinajstić information content (AvgIpc) is 2.96. The molecule has 0 fully saturated rings. The summed E-state index contributed by atoms with van der Waals surface area (Å²) in [5.74, 6) is -0.176. The van der Waals surface area contributed by atoms with Gasteiger partial charge in [-0.2, -0.15) is 5.10 Å². The zero-order valence-corrected chi connectivity index (χ0v) is 11.5. The lowest BCUT2D eigenvalue weighted by molar-refractivity contribution is 0.0931. The molecule has 0 spiro atoms. The maximum absolute atomic E-state index is 12.0. The van der Waals surface area contributed by atoms with Gasteiger partial charge in [-0.1, -0.05) is 30.3 Å². The molecule has 2 rings (SSSR count). The molecule has 1 aromatic carbocycles. The van der Waals surface area contributed by atoms with Crippen molar-refractivity contribution in [3.63, 3.8) is 0 Å². The third kappa shape index (κ3) is 3.68. The maximum Gasteiger partial charge on any atom is 0.269 e. The number of rotatable bonds is 6. The highest BCUT2D eigenvalue weighted by Crippen LogP contribution is 2.16. The van der Waals surface area contributed by atoms with Crippen molar-refractivity contribution in [2.24, 2.45) is 0 Å². The Labute approximate surface area is 118 Å². The van der Waals surface area contributed by atoms with E-state index in [1.54, 1.807) is 6.07 Å². The van der Waals surface area contributed by atoms with E-state index in [9.17, 15) is 4.79 Å². The highest BCUT2D eigenvalue weighted by molar-refractivity contribution is 5.93. The summed E-state index contributed by atoms with van der Waals surface area (Å²) in [6.45, 7) is 2.06. The molecule has 5 nitrogen and oxygen atoms in total. The van der Waals surface area contributed by atoms with Gasteiger partial charge in [-0.25, -0.2) is 0 Å². The summed E-state index contributed by atoms with van der Waals surface area (Å²) in [4.78, 5) is 12.0. The van der Waals surface area contributed by atoms with Gasteiger partial charge >= 0.3 is 0 Å². The Balaban J connectivity index is 2.00. The zero-order chi connectivity index (χ0) is 14.4. The van der Waals surface area contributed by atoms with Crippen molar-refractivity contribution in [2.75, 3.05) is 6.61 Å². The number of aliphatic hydroxyl groups is 1. The predicted octanol–water partition coefficient (Wildman–Crippen LogP) is 1.97. The van der Waals surface area contributed by atoms with Crippen LogP contribution in [0, 0.1) is 0 Å². The lowest BCUT2D eigenvalue weighted by Gasteiger charge is -2.11. The predicted molar refractivity (Wildman–Crippen MR) is 77.3 cm³/mol. The molecule has 0 aliphatic heterocycles. The first-order chi connectivity index (χ1) is 9.70. The number of carbonyl (C=O) groups excluding carboxylic acids is 1. The molecule has 3 N–H and O–H groups in total. The smallest absolute Gasteiger partial charge is 0.269 e. The van der Waals surface area contributed by atoms with E-state index in [4.69, 9.17) is 5.11 Å². The van der Waals surface area contributed by atoms with Crippen molar-refractivity contribution in [1.29, 1.82) is 0 Å². The highest BCUT2D eigenvalue weighted by Gasteiger charge is 2.13. The van der Waals surface area contributed by atoms with Crippen LogP contribution in [-0.4, -0.2) is 33.9 Å². The van der Waals surface area contributed by atoms with Gasteiger partial charge < -0.3 is 10.4 Å². The number of hydrogen-bond acceptors (Lipinski definition) is 3. The van der Waals surface area contributed by atoms with Gasteiger partial charge in [0.2, 0.25) is 0 Å². The number of aromatic amines is 1. The van der Waals surface area contributed by atoms with Crippen LogP contribution < -0.4 is 5.32 Å². The van der Waals surface area contributed by atoms with Crippen molar-refractivity contribution in [3.8, 4) is 11.3 Å². The average molecular weight is 273 g/mol. The van der Waals surface area contributed by atoms with E-state index in [1.807, 2.05) is 37.3 Å². The van der Waals surface area contributed by atoms with Crippen LogP contribution in [0.25, 0.3) is 11.3 Å². The van der Waals surface area contributed by atoms with Crippen LogP contribution in [0.15, 0.2) is 36.4 Å². The quantitative estimate of drug-likeness (QED) is 0.753. The normalized spacial score (nSPS) is 12.1. The molecule has 0 saturated carbocycles. The van der Waals surface area contributed by atoms with Crippen molar-refractivity contribution in [1.82, 2.24) is 15.5 Å². The summed E-state index contributed by atoms with van der Waals surface area (Å²) in [5, 5.41) is 18.5. The second-order valence-corrected chi connectivity index (χ2v) is 4.77. The van der Waals surface area contributed by atoms with Crippen molar-refractivity contribution < 1.29 is 9.90 Å². The van der Waals surface area contributed by atoms with Crippen molar-refractivity contribution in [3.05, 3.63) is 42.1 Å². The second-order valence-electron chi connectivity index (χ2n) is 4.77. The Morgan fingerprint density at radius 2 is 2.15 bits per heavy atom. The third-order valence-corrected chi connectivity index (χ3v) is 3.06. The van der Waals surface area contributed by atoms with Gasteiger partial charge in [0.25, 0.3) is 5.91 Å². The van der Waals surface area contributed by atoms with E-state index < -0.39 is 0 Å². The van der Waals surface area contributed by atoms with Crippen LogP contribution in [-0.2, 0) is 0 Å². The van der Waals surface area contributed by atoms with Gasteiger partial charge in [0.1, 0.15) is 5.69 Å². The standard InChI is InChI=1S/C15H19N3O2/c1-11(6-5-9-19)16-15(20)14-10-13(17-18-14)12-7-3-2-4-8-12/h2-4,7-8,10-11,19H,5-6,9H2,1H3,(H,16,20)(H,17,18). The Morgan fingerprint density at radius 1 is 1.40 bits per heavy atom. The summed E-state index contributed by atoms with van der Waals surface area (Å²) in [6, 6.07) is 11.5. The molecule has 106 valence electrons. The SMILES string of the molecule is CC(CCCO)NC(=O)c1cc(-c2ccccc2)n[nH]1. The number of benzene rings is 1. The molecule has 5 heteroatoms. The van der Waals surface area contributed by atoms with Gasteiger partial charge in [-0.05, 0) is 25.8 Å². The van der Waals surface area contributed by atoms with Crippen molar-refractivity contribution in [2.45, 2.75) is 25.8 Å². The van der Waals surface area contributed by atoms with Gasteiger partial charge in [-0.3, -0.25) is 9.89 Å². The number of hydrogen-bond donors (Lipinski definition) is 3. The summed E-state index contributed by atoms with van der Waals surface area (Å²) in [5.41, 5.74) is 2.16. The summed E-state index contributed by atoms with van der Waals surface area (Å²) < 4.78 is 0. The molecule has 0 bridgehead atoms. The second kappa shape index (κ2) is 6.86. The van der Waals surface area contributed by atoms with E-state index in [-0.39, 0.29) is 18.6 Å². The Bertz CT molecular complexity index is 551. The Morgan fingerprint density at radius 3 is 2.85 bits per heavy atom. The Kier molecular flexibility index (Phi) is 4.90. The van der Waals surface area contributed by atoms with Crippen molar-refractivity contribution >= 4 is 5.91 Å². The van der Waals surface area contributed by atoms with E-state index >= 15 is 0 Å². The Hall–Kier alpha value is -2.14. The minimum Gasteiger partial charge on any atom is -0.396 e. The lowest BCUT2D eigenvalue weighted by atomic mass is 10.1. The minimum absolute atomic E-state index is 0.0260. The molecule has 1 heterocycles. The molecule has 0 radical (unpaired) electrons. The van der Waals surface area contributed by atoms with E-state index in [0.717, 1.165) is 17.7 Å². The monoisotopic (exact) mass is 273 g/mol.